The first-order chi connectivity index (χ1) is 8.19. The van der Waals surface area contributed by atoms with Crippen LogP contribution in [-0.4, -0.2) is 47.0 Å². The Hall–Kier alpha value is -1.36. The van der Waals surface area contributed by atoms with Gasteiger partial charge < -0.3 is 15.2 Å². The summed E-state index contributed by atoms with van der Waals surface area (Å²) in [7, 11) is 0. The molecule has 2 aliphatic rings. The van der Waals surface area contributed by atoms with Crippen molar-refractivity contribution in [1.29, 1.82) is 0 Å². The maximum Gasteiger partial charge on any atom is 0.271 e. The van der Waals surface area contributed by atoms with Gasteiger partial charge in [0.25, 0.3) is 5.91 Å². The van der Waals surface area contributed by atoms with E-state index in [9.17, 15) is 4.79 Å². The van der Waals surface area contributed by atoms with Crippen LogP contribution in [0.1, 0.15) is 29.2 Å². The number of nitrogens with one attached hydrogen (secondary N) is 2. The smallest absolute Gasteiger partial charge is 0.271 e. The van der Waals surface area contributed by atoms with Gasteiger partial charge in [-0.1, -0.05) is 0 Å². The molecule has 0 saturated carbocycles. The van der Waals surface area contributed by atoms with Crippen LogP contribution in [0.4, 0.5) is 0 Å². The number of H-pyrrole nitrogens is 1. The monoisotopic (exact) mass is 234 g/mol. The van der Waals surface area contributed by atoms with Crippen molar-refractivity contribution in [2.24, 2.45) is 5.41 Å². The van der Waals surface area contributed by atoms with Crippen LogP contribution in [0.2, 0.25) is 0 Å². The van der Waals surface area contributed by atoms with Gasteiger partial charge in [-0.25, -0.2) is 4.98 Å². The number of aromatic amines is 1. The van der Waals surface area contributed by atoms with E-state index in [4.69, 9.17) is 0 Å². The predicted molar refractivity (Wildman–Crippen MR) is 63.8 cm³/mol. The number of imidazole rings is 1. The predicted octanol–water partition coefficient (Wildman–Crippen LogP) is 0.544. The topological polar surface area (TPSA) is 61.0 Å². The minimum atomic E-state index is 0.0920. The minimum Gasteiger partial charge on any atom is -0.338 e. The Morgan fingerprint density at radius 2 is 2.41 bits per heavy atom. The van der Waals surface area contributed by atoms with E-state index in [0.717, 1.165) is 38.4 Å². The average Bonchev–Trinajstić information content (AvgIpc) is 3.02. The second kappa shape index (κ2) is 3.84. The summed E-state index contributed by atoms with van der Waals surface area (Å²) in [6.07, 6.45) is 3.95. The van der Waals surface area contributed by atoms with Gasteiger partial charge >= 0.3 is 0 Å². The van der Waals surface area contributed by atoms with Gasteiger partial charge in [-0.05, 0) is 26.3 Å². The molecule has 0 aromatic carbocycles. The van der Waals surface area contributed by atoms with Crippen LogP contribution in [-0.2, 0) is 0 Å². The number of carbonyl (C=O) groups is 1. The third-order valence-corrected chi connectivity index (χ3v) is 3.99. The molecule has 5 heteroatoms. The number of carbonyl (C=O) groups excluding carboxylic acids is 1. The normalized spacial score (nSPS) is 28.2. The average molecular weight is 234 g/mol. The molecule has 2 N–H and O–H groups in total. The number of aryl methyl sites for hydroxylation is 1. The molecule has 1 unspecified atom stereocenters. The maximum atomic E-state index is 12.2. The second-order valence-electron chi connectivity index (χ2n) is 5.29. The molecule has 3 rings (SSSR count). The first kappa shape index (κ1) is 10.8. The standard InChI is InChI=1S/C12H18N4O/c1-9-14-6-10(15-9)11(17)16-5-3-12(8-16)2-4-13-7-12/h6,13H,2-5,7-8H2,1H3,(H,14,15). The molecule has 0 aliphatic carbocycles. The fourth-order valence-electron chi connectivity index (χ4n) is 2.95. The fourth-order valence-corrected chi connectivity index (χ4v) is 2.95. The number of aromatic nitrogens is 2. The van der Waals surface area contributed by atoms with Crippen molar-refractivity contribution in [3.05, 3.63) is 17.7 Å². The molecule has 1 aromatic rings. The Morgan fingerprint density at radius 1 is 1.53 bits per heavy atom. The second-order valence-corrected chi connectivity index (χ2v) is 5.29. The summed E-state index contributed by atoms with van der Waals surface area (Å²) in [4.78, 5) is 21.3. The number of rotatable bonds is 1. The highest BCUT2D eigenvalue weighted by Crippen LogP contribution is 2.36. The molecule has 0 radical (unpaired) electrons. The van der Waals surface area contributed by atoms with Gasteiger partial charge in [0.05, 0.1) is 6.20 Å². The van der Waals surface area contributed by atoms with Crippen LogP contribution in [0.3, 0.4) is 0 Å². The number of hydrogen-bond acceptors (Lipinski definition) is 3. The lowest BCUT2D eigenvalue weighted by atomic mass is 9.87. The Labute approximate surface area is 101 Å². The van der Waals surface area contributed by atoms with E-state index >= 15 is 0 Å². The molecule has 17 heavy (non-hydrogen) atoms. The van der Waals surface area contributed by atoms with Crippen molar-refractivity contribution in [3.63, 3.8) is 0 Å². The lowest BCUT2D eigenvalue weighted by molar-refractivity contribution is 0.0770. The molecule has 3 heterocycles. The summed E-state index contributed by atoms with van der Waals surface area (Å²) in [5.41, 5.74) is 0.954. The van der Waals surface area contributed by atoms with Gasteiger partial charge in [-0.3, -0.25) is 4.79 Å². The summed E-state index contributed by atoms with van der Waals surface area (Å²) >= 11 is 0. The van der Waals surface area contributed by atoms with Crippen LogP contribution in [0.25, 0.3) is 0 Å². The Morgan fingerprint density at radius 3 is 3.06 bits per heavy atom. The Bertz CT molecular complexity index is 433. The van der Waals surface area contributed by atoms with Crippen LogP contribution < -0.4 is 5.32 Å². The van der Waals surface area contributed by atoms with Crippen molar-refractivity contribution in [2.75, 3.05) is 26.2 Å². The van der Waals surface area contributed by atoms with E-state index in [1.165, 1.54) is 6.42 Å². The molecule has 2 aliphatic heterocycles. The molecular formula is C12H18N4O. The fraction of sp³-hybridized carbons (Fsp3) is 0.667. The highest BCUT2D eigenvalue weighted by molar-refractivity contribution is 5.92. The highest BCUT2D eigenvalue weighted by atomic mass is 16.2. The van der Waals surface area contributed by atoms with Crippen LogP contribution in [0.15, 0.2) is 6.20 Å². The van der Waals surface area contributed by atoms with Crippen LogP contribution in [0, 0.1) is 12.3 Å². The molecule has 1 atom stereocenters. The molecule has 1 spiro atoms. The zero-order valence-corrected chi connectivity index (χ0v) is 10.1. The van der Waals surface area contributed by atoms with E-state index in [1.54, 1.807) is 6.20 Å². The zero-order valence-electron chi connectivity index (χ0n) is 10.1. The zero-order chi connectivity index (χ0) is 11.9. The summed E-state index contributed by atoms with van der Waals surface area (Å²) in [5, 5.41) is 3.40. The molecule has 1 aromatic heterocycles. The van der Waals surface area contributed by atoms with Crippen molar-refractivity contribution in [3.8, 4) is 0 Å². The van der Waals surface area contributed by atoms with Crippen molar-refractivity contribution in [1.82, 2.24) is 20.2 Å². The molecule has 1 amide bonds. The third kappa shape index (κ3) is 1.84. The molecule has 92 valence electrons. The molecule has 5 nitrogen and oxygen atoms in total. The largest absolute Gasteiger partial charge is 0.338 e. The first-order valence-corrected chi connectivity index (χ1v) is 6.20. The van der Waals surface area contributed by atoms with Gasteiger partial charge in [0.2, 0.25) is 0 Å². The Balaban J connectivity index is 1.72. The summed E-state index contributed by atoms with van der Waals surface area (Å²) in [6.45, 7) is 5.77. The first-order valence-electron chi connectivity index (χ1n) is 6.20. The number of nitrogens with zero attached hydrogens (tertiary/aromatic N) is 2. The molecule has 0 bridgehead atoms. The Kier molecular flexibility index (Phi) is 2.43. The van der Waals surface area contributed by atoms with Gasteiger partial charge in [-0.15, -0.1) is 0 Å². The number of hydrogen-bond donors (Lipinski definition) is 2. The van der Waals surface area contributed by atoms with Crippen molar-refractivity contribution < 1.29 is 4.79 Å². The lowest BCUT2D eigenvalue weighted by Crippen LogP contribution is -2.33. The van der Waals surface area contributed by atoms with Crippen molar-refractivity contribution >= 4 is 5.91 Å². The van der Waals surface area contributed by atoms with E-state index in [0.29, 0.717) is 11.1 Å². The molecule has 2 fully saturated rings. The maximum absolute atomic E-state index is 12.2. The summed E-state index contributed by atoms with van der Waals surface area (Å²) < 4.78 is 0. The van der Waals surface area contributed by atoms with Crippen molar-refractivity contribution in [2.45, 2.75) is 19.8 Å². The molecule has 2 saturated heterocycles. The quantitative estimate of drug-likeness (QED) is 0.745. The van der Waals surface area contributed by atoms with Crippen LogP contribution in [0.5, 0.6) is 0 Å². The number of amides is 1. The third-order valence-electron chi connectivity index (χ3n) is 3.99. The van der Waals surface area contributed by atoms with E-state index in [-0.39, 0.29) is 5.91 Å². The minimum absolute atomic E-state index is 0.0920. The highest BCUT2D eigenvalue weighted by Gasteiger charge is 2.42. The summed E-state index contributed by atoms with van der Waals surface area (Å²) in [5.74, 6) is 0.888. The lowest BCUT2D eigenvalue weighted by Gasteiger charge is -2.22. The van der Waals surface area contributed by atoms with E-state index in [2.05, 4.69) is 15.3 Å². The molecular weight excluding hydrogens is 216 g/mol. The van der Waals surface area contributed by atoms with Gasteiger partial charge in [0, 0.05) is 25.0 Å². The van der Waals surface area contributed by atoms with E-state index in [1.807, 2.05) is 11.8 Å². The van der Waals surface area contributed by atoms with Gasteiger partial charge in [0.1, 0.15) is 11.5 Å². The van der Waals surface area contributed by atoms with Crippen LogP contribution >= 0.6 is 0 Å². The van der Waals surface area contributed by atoms with Gasteiger partial charge in [-0.2, -0.15) is 0 Å². The van der Waals surface area contributed by atoms with Gasteiger partial charge in [0.15, 0.2) is 0 Å². The SMILES string of the molecule is Cc1ncc(C(=O)N2CCC3(CCNC3)C2)[nH]1. The van der Waals surface area contributed by atoms with E-state index < -0.39 is 0 Å². The number of likely N-dealkylation sites (tertiary alicyclic amines) is 1. The summed E-state index contributed by atoms with van der Waals surface area (Å²) in [6, 6.07) is 0.